The number of rotatable bonds is 2. The monoisotopic (exact) mass is 353 g/mol. The minimum absolute atomic E-state index is 0.742. The van der Waals surface area contributed by atoms with E-state index >= 15 is 0 Å². The van der Waals surface area contributed by atoms with E-state index in [4.69, 9.17) is 4.42 Å². The van der Waals surface area contributed by atoms with E-state index in [0.717, 1.165) is 21.4 Å². The Hall–Kier alpha value is -1.00. The zero-order valence-electron chi connectivity index (χ0n) is 8.86. The summed E-state index contributed by atoms with van der Waals surface area (Å²) in [4.78, 5) is 0. The highest BCUT2D eigenvalue weighted by atomic mass is 79.9. The predicted molar refractivity (Wildman–Crippen MR) is 75.1 cm³/mol. The zero-order chi connectivity index (χ0) is 11.8. The molecule has 2 aromatic heterocycles. The Balaban J connectivity index is 2.04. The zero-order valence-corrected chi connectivity index (χ0v) is 12.0. The molecule has 17 heavy (non-hydrogen) atoms. The van der Waals surface area contributed by atoms with Crippen molar-refractivity contribution in [2.45, 2.75) is 6.54 Å². The second-order valence-corrected chi connectivity index (χ2v) is 5.46. The number of aromatic nitrogens is 1. The van der Waals surface area contributed by atoms with Gasteiger partial charge in [-0.25, -0.2) is 0 Å². The van der Waals surface area contributed by atoms with E-state index in [1.807, 2.05) is 18.2 Å². The van der Waals surface area contributed by atoms with Crippen molar-refractivity contribution >= 4 is 42.8 Å². The third kappa shape index (κ3) is 2.07. The minimum Gasteiger partial charge on any atom is -0.452 e. The summed E-state index contributed by atoms with van der Waals surface area (Å²) in [6.45, 7) is 0.742. The molecule has 3 aromatic rings. The Kier molecular flexibility index (Phi) is 2.84. The summed E-state index contributed by atoms with van der Waals surface area (Å²) in [5.41, 5.74) is 1.20. The topological polar surface area (TPSA) is 18.1 Å². The maximum Gasteiger partial charge on any atom is 0.169 e. The van der Waals surface area contributed by atoms with Crippen molar-refractivity contribution in [2.24, 2.45) is 0 Å². The Labute approximate surface area is 115 Å². The Morgan fingerprint density at radius 2 is 1.94 bits per heavy atom. The molecule has 0 atom stereocenters. The van der Waals surface area contributed by atoms with Crippen LogP contribution in [-0.4, -0.2) is 4.57 Å². The number of nitrogens with zero attached hydrogens (tertiary/aromatic N) is 1. The fourth-order valence-corrected chi connectivity index (χ4v) is 2.76. The van der Waals surface area contributed by atoms with Gasteiger partial charge in [-0.3, -0.25) is 0 Å². The fraction of sp³-hybridized carbons (Fsp3) is 0.0769. The molecule has 4 heteroatoms. The van der Waals surface area contributed by atoms with Gasteiger partial charge in [0.15, 0.2) is 4.67 Å². The summed E-state index contributed by atoms with van der Waals surface area (Å²) in [6, 6.07) is 12.2. The quantitative estimate of drug-likeness (QED) is 0.646. The average molecular weight is 355 g/mol. The highest BCUT2D eigenvalue weighted by Gasteiger charge is 2.06. The second kappa shape index (κ2) is 4.35. The fourth-order valence-electron chi connectivity index (χ4n) is 1.93. The molecule has 0 N–H and O–H groups in total. The van der Waals surface area contributed by atoms with Crippen molar-refractivity contribution in [3.8, 4) is 0 Å². The van der Waals surface area contributed by atoms with E-state index in [2.05, 4.69) is 60.8 Å². The van der Waals surface area contributed by atoms with Crippen LogP contribution in [0.1, 0.15) is 5.76 Å². The minimum atomic E-state index is 0.742. The van der Waals surface area contributed by atoms with Gasteiger partial charge in [0, 0.05) is 21.6 Å². The lowest BCUT2D eigenvalue weighted by Crippen LogP contribution is -1.95. The first-order valence-electron chi connectivity index (χ1n) is 5.21. The molecule has 0 bridgehead atoms. The molecule has 0 spiro atoms. The van der Waals surface area contributed by atoms with Crippen LogP contribution in [0, 0.1) is 0 Å². The van der Waals surface area contributed by atoms with Gasteiger partial charge in [-0.05, 0) is 46.3 Å². The van der Waals surface area contributed by atoms with Gasteiger partial charge in [-0.15, -0.1) is 0 Å². The summed E-state index contributed by atoms with van der Waals surface area (Å²) >= 11 is 6.87. The molecule has 0 aliphatic carbocycles. The summed E-state index contributed by atoms with van der Waals surface area (Å²) in [5.74, 6) is 0.939. The van der Waals surface area contributed by atoms with E-state index in [-0.39, 0.29) is 0 Å². The van der Waals surface area contributed by atoms with Crippen LogP contribution in [0.3, 0.4) is 0 Å². The SMILES string of the molecule is Brc1ccc(Cn2ccc3c(Br)cccc32)o1. The van der Waals surface area contributed by atoms with Gasteiger partial charge >= 0.3 is 0 Å². The predicted octanol–water partition coefficient (Wildman–Crippen LogP) is 4.81. The maximum absolute atomic E-state index is 5.52. The summed E-state index contributed by atoms with van der Waals surface area (Å²) in [5, 5.41) is 1.22. The van der Waals surface area contributed by atoms with E-state index in [0.29, 0.717) is 0 Å². The van der Waals surface area contributed by atoms with Crippen LogP contribution < -0.4 is 0 Å². The highest BCUT2D eigenvalue weighted by molar-refractivity contribution is 9.10. The molecule has 3 rings (SSSR count). The molecule has 0 saturated carbocycles. The maximum atomic E-state index is 5.52. The van der Waals surface area contributed by atoms with Crippen molar-refractivity contribution in [3.05, 3.63) is 57.5 Å². The average Bonchev–Trinajstić information content (AvgIpc) is 2.88. The van der Waals surface area contributed by atoms with Gasteiger partial charge in [0.1, 0.15) is 5.76 Å². The molecule has 86 valence electrons. The van der Waals surface area contributed by atoms with E-state index < -0.39 is 0 Å². The van der Waals surface area contributed by atoms with Gasteiger partial charge in [-0.1, -0.05) is 22.0 Å². The van der Waals surface area contributed by atoms with Crippen molar-refractivity contribution in [1.82, 2.24) is 4.57 Å². The van der Waals surface area contributed by atoms with Crippen LogP contribution in [0.5, 0.6) is 0 Å². The van der Waals surface area contributed by atoms with Crippen molar-refractivity contribution in [2.75, 3.05) is 0 Å². The molecular formula is C13H9Br2NO. The van der Waals surface area contributed by atoms with Crippen LogP contribution in [0.15, 0.2) is 56.2 Å². The number of hydrogen-bond donors (Lipinski definition) is 0. The molecule has 2 nitrogen and oxygen atoms in total. The molecule has 0 saturated heterocycles. The number of hydrogen-bond acceptors (Lipinski definition) is 1. The van der Waals surface area contributed by atoms with Crippen LogP contribution in [0.2, 0.25) is 0 Å². The lowest BCUT2D eigenvalue weighted by atomic mass is 10.2. The molecule has 0 amide bonds. The normalized spacial score (nSPS) is 11.2. The molecule has 0 radical (unpaired) electrons. The lowest BCUT2D eigenvalue weighted by molar-refractivity contribution is 0.477. The van der Waals surface area contributed by atoms with Gasteiger partial charge in [0.05, 0.1) is 6.54 Å². The van der Waals surface area contributed by atoms with Crippen LogP contribution in [-0.2, 0) is 6.54 Å². The Bertz CT molecular complexity index is 669. The van der Waals surface area contributed by atoms with E-state index in [9.17, 15) is 0 Å². The second-order valence-electron chi connectivity index (χ2n) is 3.82. The summed E-state index contributed by atoms with van der Waals surface area (Å²) < 4.78 is 9.58. The van der Waals surface area contributed by atoms with Crippen LogP contribution in [0.25, 0.3) is 10.9 Å². The van der Waals surface area contributed by atoms with Gasteiger partial charge < -0.3 is 8.98 Å². The highest BCUT2D eigenvalue weighted by Crippen LogP contribution is 2.25. The lowest BCUT2D eigenvalue weighted by Gasteiger charge is -2.03. The standard InChI is InChI=1S/C13H9Br2NO/c14-11-2-1-3-12-10(11)6-7-16(12)8-9-4-5-13(15)17-9/h1-7H,8H2. The number of benzene rings is 1. The number of fused-ring (bicyclic) bond motifs is 1. The first-order valence-corrected chi connectivity index (χ1v) is 6.80. The third-order valence-corrected chi connectivity index (χ3v) is 3.83. The molecule has 1 aromatic carbocycles. The van der Waals surface area contributed by atoms with Crippen molar-refractivity contribution in [3.63, 3.8) is 0 Å². The smallest absolute Gasteiger partial charge is 0.169 e. The molecule has 0 aliphatic rings. The van der Waals surface area contributed by atoms with Gasteiger partial charge in [0.2, 0.25) is 0 Å². The Morgan fingerprint density at radius 1 is 1.06 bits per heavy atom. The molecule has 0 fully saturated rings. The van der Waals surface area contributed by atoms with Crippen LogP contribution >= 0.6 is 31.9 Å². The molecular weight excluding hydrogens is 346 g/mol. The van der Waals surface area contributed by atoms with Crippen LogP contribution in [0.4, 0.5) is 0 Å². The van der Waals surface area contributed by atoms with Gasteiger partial charge in [-0.2, -0.15) is 0 Å². The number of halogens is 2. The summed E-state index contributed by atoms with van der Waals surface area (Å²) in [6.07, 6.45) is 2.08. The molecule has 2 heterocycles. The molecule has 0 unspecified atom stereocenters. The molecule has 0 aliphatic heterocycles. The third-order valence-electron chi connectivity index (χ3n) is 2.72. The van der Waals surface area contributed by atoms with Crippen molar-refractivity contribution in [1.29, 1.82) is 0 Å². The van der Waals surface area contributed by atoms with E-state index in [1.54, 1.807) is 0 Å². The van der Waals surface area contributed by atoms with E-state index in [1.165, 1.54) is 10.9 Å². The first-order chi connectivity index (χ1) is 8.24. The number of furan rings is 1. The Morgan fingerprint density at radius 3 is 2.71 bits per heavy atom. The first kappa shape index (κ1) is 11.1. The van der Waals surface area contributed by atoms with Crippen molar-refractivity contribution < 1.29 is 4.42 Å². The largest absolute Gasteiger partial charge is 0.452 e. The summed E-state index contributed by atoms with van der Waals surface area (Å²) in [7, 11) is 0. The van der Waals surface area contributed by atoms with Gasteiger partial charge in [0.25, 0.3) is 0 Å².